The number of ether oxygens (including phenoxy) is 1. The predicted octanol–water partition coefficient (Wildman–Crippen LogP) is 4.73. The molecule has 0 aromatic heterocycles. The number of Topliss-reactive ketones (excluding diaryl/α,β-unsaturated/α-hetero) is 1. The summed E-state index contributed by atoms with van der Waals surface area (Å²) < 4.78 is 5.15. The van der Waals surface area contributed by atoms with E-state index >= 15 is 0 Å². The smallest absolute Gasteiger partial charge is 0.338 e. The van der Waals surface area contributed by atoms with Crippen LogP contribution in [-0.4, -0.2) is 24.3 Å². The van der Waals surface area contributed by atoms with Crippen LogP contribution < -0.4 is 5.32 Å². The lowest BCUT2D eigenvalue weighted by molar-refractivity contribution is -0.114. The van der Waals surface area contributed by atoms with Crippen molar-refractivity contribution in [2.75, 3.05) is 11.9 Å². The number of hydrogen-bond donors (Lipinski definition) is 1. The average Bonchev–Trinajstić information content (AvgIpc) is 2.72. The molecule has 0 saturated heterocycles. The van der Waals surface area contributed by atoms with Gasteiger partial charge in [-0.25, -0.2) is 4.79 Å². The number of ketones is 1. The molecule has 28 heavy (non-hydrogen) atoms. The van der Waals surface area contributed by atoms with Crippen molar-refractivity contribution < 1.29 is 19.1 Å². The Morgan fingerprint density at radius 1 is 0.964 bits per heavy atom. The standard InChI is InChI=1S/C23H25NO4/c1-16(25)24-21-9-5-8-20(14-21)23(27)28-15-22(26)19-12-10-18(11-13-19)17-6-3-2-4-7-17/h5,8-14,17H,2-4,6-7,15H2,1H3,(H,24,25). The summed E-state index contributed by atoms with van der Waals surface area (Å²) in [7, 11) is 0. The van der Waals surface area contributed by atoms with E-state index in [0.717, 1.165) is 0 Å². The highest BCUT2D eigenvalue weighted by Crippen LogP contribution is 2.32. The summed E-state index contributed by atoms with van der Waals surface area (Å²) >= 11 is 0. The summed E-state index contributed by atoms with van der Waals surface area (Å²) in [6.45, 7) is 1.08. The van der Waals surface area contributed by atoms with Gasteiger partial charge >= 0.3 is 5.97 Å². The first-order valence-electron chi connectivity index (χ1n) is 9.71. The third-order valence-electron chi connectivity index (χ3n) is 5.06. The van der Waals surface area contributed by atoms with Gasteiger partial charge < -0.3 is 10.1 Å². The molecule has 146 valence electrons. The van der Waals surface area contributed by atoms with Gasteiger partial charge in [0, 0.05) is 18.2 Å². The minimum Gasteiger partial charge on any atom is -0.454 e. The van der Waals surface area contributed by atoms with Crippen LogP contribution in [0.15, 0.2) is 48.5 Å². The van der Waals surface area contributed by atoms with Gasteiger partial charge in [0.25, 0.3) is 0 Å². The monoisotopic (exact) mass is 379 g/mol. The average molecular weight is 379 g/mol. The van der Waals surface area contributed by atoms with Crippen LogP contribution in [-0.2, 0) is 9.53 Å². The molecule has 1 amide bonds. The number of hydrogen-bond acceptors (Lipinski definition) is 4. The molecule has 0 atom stereocenters. The molecule has 5 heteroatoms. The Balaban J connectivity index is 1.56. The van der Waals surface area contributed by atoms with Crippen LogP contribution in [0.3, 0.4) is 0 Å². The number of benzene rings is 2. The van der Waals surface area contributed by atoms with Gasteiger partial charge in [0.05, 0.1) is 5.56 Å². The van der Waals surface area contributed by atoms with E-state index in [-0.39, 0.29) is 23.9 Å². The largest absolute Gasteiger partial charge is 0.454 e. The number of rotatable bonds is 6. The van der Waals surface area contributed by atoms with Crippen molar-refractivity contribution in [2.24, 2.45) is 0 Å². The molecule has 0 unspecified atom stereocenters. The predicted molar refractivity (Wildman–Crippen MR) is 108 cm³/mol. The van der Waals surface area contributed by atoms with Crippen molar-refractivity contribution in [3.8, 4) is 0 Å². The van der Waals surface area contributed by atoms with E-state index in [4.69, 9.17) is 4.74 Å². The molecule has 1 N–H and O–H groups in total. The molecular weight excluding hydrogens is 354 g/mol. The maximum absolute atomic E-state index is 12.3. The van der Waals surface area contributed by atoms with Gasteiger partial charge in [-0.1, -0.05) is 49.6 Å². The van der Waals surface area contributed by atoms with Gasteiger partial charge in [-0.15, -0.1) is 0 Å². The van der Waals surface area contributed by atoms with E-state index in [1.165, 1.54) is 50.7 Å². The lowest BCUT2D eigenvalue weighted by Crippen LogP contribution is -2.15. The molecule has 0 aliphatic heterocycles. The maximum Gasteiger partial charge on any atom is 0.338 e. The lowest BCUT2D eigenvalue weighted by Gasteiger charge is -2.22. The Bertz CT molecular complexity index is 851. The Hall–Kier alpha value is -2.95. The molecule has 0 bridgehead atoms. The number of anilines is 1. The third-order valence-corrected chi connectivity index (χ3v) is 5.06. The normalized spacial score (nSPS) is 14.3. The number of nitrogens with one attached hydrogen (secondary N) is 1. The van der Waals surface area contributed by atoms with Crippen molar-refractivity contribution >= 4 is 23.3 Å². The minimum atomic E-state index is -0.598. The van der Waals surface area contributed by atoms with Crippen LogP contribution in [0, 0.1) is 0 Å². The van der Waals surface area contributed by atoms with Crippen molar-refractivity contribution in [1.29, 1.82) is 0 Å². The van der Waals surface area contributed by atoms with Gasteiger partial charge in [-0.3, -0.25) is 9.59 Å². The van der Waals surface area contributed by atoms with Crippen molar-refractivity contribution in [2.45, 2.75) is 44.9 Å². The number of amides is 1. The van der Waals surface area contributed by atoms with E-state index in [0.29, 0.717) is 17.2 Å². The Morgan fingerprint density at radius 3 is 2.36 bits per heavy atom. The summed E-state index contributed by atoms with van der Waals surface area (Å²) in [6, 6.07) is 14.1. The van der Waals surface area contributed by atoms with E-state index in [9.17, 15) is 14.4 Å². The fourth-order valence-electron chi connectivity index (χ4n) is 3.60. The van der Waals surface area contributed by atoms with E-state index in [1.807, 2.05) is 24.3 Å². The molecule has 0 heterocycles. The molecular formula is C23H25NO4. The summed E-state index contributed by atoms with van der Waals surface area (Å²) in [5.74, 6) is -0.468. The fourth-order valence-corrected chi connectivity index (χ4v) is 3.60. The quantitative estimate of drug-likeness (QED) is 0.582. The van der Waals surface area contributed by atoms with Crippen LogP contribution in [0.5, 0.6) is 0 Å². The molecule has 1 aliphatic rings. The molecule has 1 aliphatic carbocycles. The van der Waals surface area contributed by atoms with Gasteiger partial charge in [-0.2, -0.15) is 0 Å². The molecule has 1 fully saturated rings. The molecule has 2 aromatic carbocycles. The summed E-state index contributed by atoms with van der Waals surface area (Å²) in [6.07, 6.45) is 6.27. The first kappa shape index (κ1) is 19.8. The first-order valence-corrected chi connectivity index (χ1v) is 9.71. The number of carbonyl (C=O) groups excluding carboxylic acids is 3. The Morgan fingerprint density at radius 2 is 1.68 bits per heavy atom. The zero-order valence-corrected chi connectivity index (χ0v) is 16.1. The molecule has 3 rings (SSSR count). The summed E-state index contributed by atoms with van der Waals surface area (Å²) in [5.41, 5.74) is 2.61. The SMILES string of the molecule is CC(=O)Nc1cccc(C(=O)OCC(=O)c2ccc(C3CCCCC3)cc2)c1. The molecule has 2 aromatic rings. The second-order valence-electron chi connectivity index (χ2n) is 7.22. The van der Waals surface area contributed by atoms with Gasteiger partial charge in [0.15, 0.2) is 12.4 Å². The molecule has 1 saturated carbocycles. The zero-order chi connectivity index (χ0) is 19.9. The van der Waals surface area contributed by atoms with Crippen molar-refractivity contribution in [1.82, 2.24) is 0 Å². The van der Waals surface area contributed by atoms with Crippen molar-refractivity contribution in [3.63, 3.8) is 0 Å². The van der Waals surface area contributed by atoms with Gasteiger partial charge in [-0.05, 0) is 42.5 Å². The second kappa shape index (κ2) is 9.31. The van der Waals surface area contributed by atoms with Crippen LogP contribution in [0.2, 0.25) is 0 Å². The van der Waals surface area contributed by atoms with E-state index in [2.05, 4.69) is 5.32 Å². The van der Waals surface area contributed by atoms with Crippen LogP contribution in [0.1, 0.15) is 71.2 Å². The summed E-state index contributed by atoms with van der Waals surface area (Å²) in [5, 5.41) is 2.61. The van der Waals surface area contributed by atoms with Crippen molar-refractivity contribution in [3.05, 3.63) is 65.2 Å². The molecule has 0 spiro atoms. The Labute approximate surface area is 165 Å². The Kier molecular flexibility index (Phi) is 6.58. The van der Waals surface area contributed by atoms with E-state index < -0.39 is 5.97 Å². The lowest BCUT2D eigenvalue weighted by atomic mass is 9.84. The van der Waals surface area contributed by atoms with Crippen LogP contribution in [0.4, 0.5) is 5.69 Å². The van der Waals surface area contributed by atoms with Crippen LogP contribution in [0.25, 0.3) is 0 Å². The summed E-state index contributed by atoms with van der Waals surface area (Å²) in [4.78, 5) is 35.7. The van der Waals surface area contributed by atoms with Gasteiger partial charge in [0.1, 0.15) is 0 Å². The zero-order valence-electron chi connectivity index (χ0n) is 16.1. The fraction of sp³-hybridized carbons (Fsp3) is 0.348. The maximum atomic E-state index is 12.3. The topological polar surface area (TPSA) is 72.5 Å². The highest BCUT2D eigenvalue weighted by Gasteiger charge is 2.17. The third kappa shape index (κ3) is 5.28. The number of carbonyl (C=O) groups is 3. The molecule has 5 nitrogen and oxygen atoms in total. The molecule has 0 radical (unpaired) electrons. The van der Waals surface area contributed by atoms with E-state index in [1.54, 1.807) is 18.2 Å². The highest BCUT2D eigenvalue weighted by molar-refractivity contribution is 5.99. The van der Waals surface area contributed by atoms with Gasteiger partial charge in [0.2, 0.25) is 5.91 Å². The number of esters is 1. The minimum absolute atomic E-state index is 0.225. The highest BCUT2D eigenvalue weighted by atomic mass is 16.5. The first-order chi connectivity index (χ1) is 13.5. The van der Waals surface area contributed by atoms with Crippen LogP contribution >= 0.6 is 0 Å². The second-order valence-corrected chi connectivity index (χ2v) is 7.22.